The van der Waals surface area contributed by atoms with Gasteiger partial charge in [-0.05, 0) is 75.9 Å². The lowest BCUT2D eigenvalue weighted by atomic mass is 9.85. The highest BCUT2D eigenvalue weighted by atomic mass is 19.4. The molecule has 2 aliphatic heterocycles. The first-order chi connectivity index (χ1) is 19.6. The highest BCUT2D eigenvalue weighted by molar-refractivity contribution is 5.72. The number of likely N-dealkylation sites (tertiary alicyclic amines) is 1. The Morgan fingerprint density at radius 1 is 0.837 bits per heavy atom. The van der Waals surface area contributed by atoms with Crippen molar-refractivity contribution in [2.45, 2.75) is 76.3 Å². The summed E-state index contributed by atoms with van der Waals surface area (Å²) in [6.45, 7) is 5.98. The molecule has 3 rings (SSSR count). The number of hydrogen-bond donors (Lipinski definition) is 0. The van der Waals surface area contributed by atoms with E-state index in [1.54, 1.807) is 25.7 Å². The van der Waals surface area contributed by atoms with Gasteiger partial charge in [-0.2, -0.15) is 39.5 Å². The Labute approximate surface area is 242 Å². The predicted molar refractivity (Wildman–Crippen MR) is 135 cm³/mol. The first-order valence-electron chi connectivity index (χ1n) is 13.6. The number of alkyl halides is 9. The summed E-state index contributed by atoms with van der Waals surface area (Å²) in [4.78, 5) is 28.6. The van der Waals surface area contributed by atoms with Gasteiger partial charge in [-0.25, -0.2) is 4.79 Å². The molecule has 1 amide bonds. The zero-order valence-corrected chi connectivity index (χ0v) is 23.8. The summed E-state index contributed by atoms with van der Waals surface area (Å²) < 4.78 is 126. The predicted octanol–water partition coefficient (Wildman–Crippen LogP) is 5.97. The van der Waals surface area contributed by atoms with Gasteiger partial charge in [-0.3, -0.25) is 14.6 Å². The molecule has 0 radical (unpaired) electrons. The normalized spacial score (nSPS) is 18.7. The lowest BCUT2D eigenvalue weighted by Gasteiger charge is -2.36. The molecule has 0 saturated carbocycles. The minimum atomic E-state index is -5.83. The van der Waals surface area contributed by atoms with Gasteiger partial charge < -0.3 is 14.4 Å². The maximum Gasteiger partial charge on any atom is 0.434 e. The fraction of sp³-hybridized carbons (Fsp3) is 0.704. The summed E-state index contributed by atoms with van der Waals surface area (Å²) in [5, 5.41) is 0. The van der Waals surface area contributed by atoms with Crippen LogP contribution in [0.3, 0.4) is 0 Å². The fourth-order valence-electron chi connectivity index (χ4n) is 5.08. The number of rotatable bonds is 6. The standard InChI is InChI=1S/C27H34F9N3O4/c1-24(2,3)43-21(40)16-37-8-6-17(7-9-37)20-14-19(25(28,29)30)5-4-18(20)15-38-10-12-39(13-11-38)23(41)42-22(26(31,32)33)27(34,35)36/h4-5,14,17,22H,6-13,15-16H2,1-3H3. The number of benzene rings is 1. The van der Waals surface area contributed by atoms with E-state index in [4.69, 9.17) is 4.74 Å². The molecule has 2 heterocycles. The summed E-state index contributed by atoms with van der Waals surface area (Å²) in [7, 11) is 0. The highest BCUT2D eigenvalue weighted by Gasteiger charge is 2.60. The van der Waals surface area contributed by atoms with Crippen LogP contribution in [0.2, 0.25) is 0 Å². The molecule has 244 valence electrons. The first kappa shape index (κ1) is 34.7. The van der Waals surface area contributed by atoms with Gasteiger partial charge in [-0.15, -0.1) is 0 Å². The molecular formula is C27H34F9N3O4. The van der Waals surface area contributed by atoms with Crippen LogP contribution >= 0.6 is 0 Å². The molecule has 16 heteroatoms. The Balaban J connectivity index is 1.65. The van der Waals surface area contributed by atoms with E-state index >= 15 is 0 Å². The molecule has 1 aromatic carbocycles. The number of ether oxygens (including phenoxy) is 2. The summed E-state index contributed by atoms with van der Waals surface area (Å²) in [5.74, 6) is -0.647. The van der Waals surface area contributed by atoms with Gasteiger partial charge in [0.05, 0.1) is 12.1 Å². The van der Waals surface area contributed by atoms with Crippen LogP contribution in [-0.4, -0.2) is 96.6 Å². The third kappa shape index (κ3) is 10.2. The number of hydrogen-bond acceptors (Lipinski definition) is 6. The van der Waals surface area contributed by atoms with E-state index in [2.05, 4.69) is 4.74 Å². The van der Waals surface area contributed by atoms with Crippen LogP contribution < -0.4 is 0 Å². The zero-order valence-electron chi connectivity index (χ0n) is 23.8. The van der Waals surface area contributed by atoms with Gasteiger partial charge in [-0.1, -0.05) is 6.07 Å². The van der Waals surface area contributed by atoms with Gasteiger partial charge >= 0.3 is 30.6 Å². The van der Waals surface area contributed by atoms with Crippen molar-refractivity contribution in [2.75, 3.05) is 45.8 Å². The van der Waals surface area contributed by atoms with Crippen LogP contribution in [0.5, 0.6) is 0 Å². The molecule has 0 unspecified atom stereocenters. The minimum Gasteiger partial charge on any atom is -0.459 e. The van der Waals surface area contributed by atoms with Crippen molar-refractivity contribution in [3.05, 3.63) is 34.9 Å². The van der Waals surface area contributed by atoms with Crippen molar-refractivity contribution >= 4 is 12.1 Å². The van der Waals surface area contributed by atoms with E-state index in [1.807, 2.05) is 4.90 Å². The molecule has 0 atom stereocenters. The van der Waals surface area contributed by atoms with E-state index < -0.39 is 47.9 Å². The molecule has 0 spiro atoms. The quantitative estimate of drug-likeness (QED) is 0.284. The molecule has 43 heavy (non-hydrogen) atoms. The van der Waals surface area contributed by atoms with E-state index in [1.165, 1.54) is 6.07 Å². The minimum absolute atomic E-state index is 0.0482. The number of amides is 1. The number of piperidine rings is 1. The molecule has 0 N–H and O–H groups in total. The van der Waals surface area contributed by atoms with Crippen molar-refractivity contribution in [2.24, 2.45) is 0 Å². The van der Waals surface area contributed by atoms with E-state index in [0.29, 0.717) is 37.1 Å². The van der Waals surface area contributed by atoms with Gasteiger partial charge in [0.15, 0.2) is 0 Å². The summed E-state index contributed by atoms with van der Waals surface area (Å²) in [6.07, 6.45) is -21.3. The molecule has 0 aromatic heterocycles. The molecule has 0 aliphatic carbocycles. The molecule has 2 saturated heterocycles. The Bertz CT molecular complexity index is 1100. The monoisotopic (exact) mass is 635 g/mol. The van der Waals surface area contributed by atoms with E-state index in [0.717, 1.165) is 17.0 Å². The first-order valence-corrected chi connectivity index (χ1v) is 13.6. The largest absolute Gasteiger partial charge is 0.459 e. The van der Waals surface area contributed by atoms with Gasteiger partial charge in [0, 0.05) is 32.7 Å². The molecular weight excluding hydrogens is 601 g/mol. The smallest absolute Gasteiger partial charge is 0.434 e. The third-order valence-corrected chi connectivity index (χ3v) is 7.11. The average Bonchev–Trinajstić information content (AvgIpc) is 2.85. The average molecular weight is 636 g/mol. The van der Waals surface area contributed by atoms with Gasteiger partial charge in [0.1, 0.15) is 5.60 Å². The second-order valence-corrected chi connectivity index (χ2v) is 11.7. The molecule has 1 aromatic rings. The van der Waals surface area contributed by atoms with Crippen LogP contribution in [0.25, 0.3) is 0 Å². The summed E-state index contributed by atoms with van der Waals surface area (Å²) in [6, 6.07) is 3.42. The number of nitrogens with zero attached hydrogens (tertiary/aromatic N) is 3. The number of esters is 1. The maximum atomic E-state index is 13.6. The Kier molecular flexibility index (Phi) is 10.6. The number of piperazine rings is 1. The van der Waals surface area contributed by atoms with Crippen LogP contribution in [0.4, 0.5) is 44.3 Å². The topological polar surface area (TPSA) is 62.3 Å². The molecule has 7 nitrogen and oxygen atoms in total. The van der Waals surface area contributed by atoms with Crippen LogP contribution in [-0.2, 0) is 27.0 Å². The number of carbonyl (C=O) groups excluding carboxylic acids is 2. The van der Waals surface area contributed by atoms with Crippen LogP contribution in [0, 0.1) is 0 Å². The van der Waals surface area contributed by atoms with Crippen LogP contribution in [0.1, 0.15) is 56.2 Å². The fourth-order valence-corrected chi connectivity index (χ4v) is 5.08. The SMILES string of the molecule is CC(C)(C)OC(=O)CN1CCC(c2cc(C(F)(F)F)ccc2CN2CCN(C(=O)OC(C(F)(F)F)C(F)(F)F)CC2)CC1. The van der Waals surface area contributed by atoms with Crippen molar-refractivity contribution in [3.63, 3.8) is 0 Å². The summed E-state index contributed by atoms with van der Waals surface area (Å²) in [5.41, 5.74) is -0.405. The third-order valence-electron chi connectivity index (χ3n) is 7.11. The van der Waals surface area contributed by atoms with E-state index in [-0.39, 0.29) is 45.2 Å². The second kappa shape index (κ2) is 13.1. The zero-order chi connectivity index (χ0) is 32.4. The van der Waals surface area contributed by atoms with Crippen molar-refractivity contribution in [1.29, 1.82) is 0 Å². The highest BCUT2D eigenvalue weighted by Crippen LogP contribution is 2.38. The molecule has 2 aliphatic rings. The maximum absolute atomic E-state index is 13.6. The number of carbonyl (C=O) groups is 2. The Morgan fingerprint density at radius 3 is 1.88 bits per heavy atom. The van der Waals surface area contributed by atoms with Crippen molar-refractivity contribution < 1.29 is 58.6 Å². The summed E-state index contributed by atoms with van der Waals surface area (Å²) >= 11 is 0. The van der Waals surface area contributed by atoms with Crippen LogP contribution in [0.15, 0.2) is 18.2 Å². The Hall–Kier alpha value is -2.75. The lowest BCUT2D eigenvalue weighted by Crippen LogP contribution is -2.52. The second-order valence-electron chi connectivity index (χ2n) is 11.7. The molecule has 2 fully saturated rings. The Morgan fingerprint density at radius 2 is 1.40 bits per heavy atom. The van der Waals surface area contributed by atoms with Crippen molar-refractivity contribution in [3.8, 4) is 0 Å². The lowest BCUT2D eigenvalue weighted by molar-refractivity contribution is -0.308. The van der Waals surface area contributed by atoms with Crippen molar-refractivity contribution in [1.82, 2.24) is 14.7 Å². The molecule has 0 bridgehead atoms. The number of halogens is 9. The van der Waals surface area contributed by atoms with Gasteiger partial charge in [0.2, 0.25) is 0 Å². The van der Waals surface area contributed by atoms with E-state index in [9.17, 15) is 49.1 Å². The van der Waals surface area contributed by atoms with Gasteiger partial charge in [0.25, 0.3) is 6.10 Å².